The number of benzene rings is 1. The van der Waals surface area contributed by atoms with Crippen LogP contribution in [0.25, 0.3) is 0 Å². The Labute approximate surface area is 107 Å². The van der Waals surface area contributed by atoms with E-state index in [1.165, 1.54) is 0 Å². The minimum atomic E-state index is -0.139. The maximum atomic E-state index is 11.6. The van der Waals surface area contributed by atoms with Crippen LogP contribution >= 0.6 is 0 Å². The molecular weight excluding hydrogens is 232 g/mol. The van der Waals surface area contributed by atoms with E-state index in [0.717, 1.165) is 0 Å². The average Bonchev–Trinajstić information content (AvgIpc) is 2.39. The SMILES string of the molecule is C=CCNCC(=O)Nc1ccc(OC)cc1OC. The lowest BCUT2D eigenvalue weighted by Crippen LogP contribution is -2.28. The van der Waals surface area contributed by atoms with Crippen LogP contribution in [0, 0.1) is 0 Å². The van der Waals surface area contributed by atoms with Crippen molar-refractivity contribution in [3.05, 3.63) is 30.9 Å². The molecule has 0 atom stereocenters. The second-order valence-corrected chi connectivity index (χ2v) is 3.53. The summed E-state index contributed by atoms with van der Waals surface area (Å²) in [6, 6.07) is 5.21. The van der Waals surface area contributed by atoms with Gasteiger partial charge in [-0.2, -0.15) is 0 Å². The molecule has 1 aromatic rings. The Morgan fingerprint density at radius 1 is 1.39 bits per heavy atom. The van der Waals surface area contributed by atoms with E-state index in [1.54, 1.807) is 38.5 Å². The number of methoxy groups -OCH3 is 2. The summed E-state index contributed by atoms with van der Waals surface area (Å²) in [6.45, 7) is 4.37. The number of hydrogen-bond donors (Lipinski definition) is 2. The quantitative estimate of drug-likeness (QED) is 0.567. The van der Waals surface area contributed by atoms with Crippen LogP contribution in [0.2, 0.25) is 0 Å². The van der Waals surface area contributed by atoms with Crippen molar-refractivity contribution < 1.29 is 14.3 Å². The van der Waals surface area contributed by atoms with Gasteiger partial charge in [-0.3, -0.25) is 4.79 Å². The molecule has 5 nitrogen and oxygen atoms in total. The predicted molar refractivity (Wildman–Crippen MR) is 71.2 cm³/mol. The number of anilines is 1. The Bertz CT molecular complexity index is 419. The maximum absolute atomic E-state index is 11.6. The van der Waals surface area contributed by atoms with E-state index in [9.17, 15) is 4.79 Å². The molecule has 0 saturated heterocycles. The molecule has 2 N–H and O–H groups in total. The average molecular weight is 250 g/mol. The van der Waals surface area contributed by atoms with Crippen LogP contribution in [0.1, 0.15) is 0 Å². The van der Waals surface area contributed by atoms with Gasteiger partial charge in [0.05, 0.1) is 26.5 Å². The standard InChI is InChI=1S/C13H18N2O3/c1-4-7-14-9-13(16)15-11-6-5-10(17-2)8-12(11)18-3/h4-6,8,14H,1,7,9H2,2-3H3,(H,15,16). The lowest BCUT2D eigenvalue weighted by atomic mass is 10.2. The molecule has 0 radical (unpaired) electrons. The summed E-state index contributed by atoms with van der Waals surface area (Å²) in [4.78, 5) is 11.6. The Kier molecular flexibility index (Phi) is 5.73. The molecule has 1 aromatic carbocycles. The van der Waals surface area contributed by atoms with Gasteiger partial charge in [0.25, 0.3) is 0 Å². The minimum absolute atomic E-state index is 0.139. The van der Waals surface area contributed by atoms with Crippen LogP contribution in [0.15, 0.2) is 30.9 Å². The first kappa shape index (κ1) is 14.1. The molecule has 0 spiro atoms. The van der Waals surface area contributed by atoms with Crippen molar-refractivity contribution in [1.82, 2.24) is 5.32 Å². The fourth-order valence-electron chi connectivity index (χ4n) is 1.38. The Morgan fingerprint density at radius 3 is 2.78 bits per heavy atom. The highest BCUT2D eigenvalue weighted by Crippen LogP contribution is 2.28. The summed E-state index contributed by atoms with van der Waals surface area (Å²) in [5, 5.41) is 5.67. The molecule has 5 heteroatoms. The Balaban J connectivity index is 2.65. The Hall–Kier alpha value is -2.01. The number of carbonyl (C=O) groups is 1. The van der Waals surface area contributed by atoms with Gasteiger partial charge < -0.3 is 20.1 Å². The van der Waals surface area contributed by atoms with E-state index in [2.05, 4.69) is 17.2 Å². The van der Waals surface area contributed by atoms with E-state index in [0.29, 0.717) is 23.7 Å². The van der Waals surface area contributed by atoms with Gasteiger partial charge in [0.15, 0.2) is 0 Å². The highest BCUT2D eigenvalue weighted by atomic mass is 16.5. The third kappa shape index (κ3) is 4.10. The predicted octanol–water partition coefficient (Wildman–Crippen LogP) is 1.42. The maximum Gasteiger partial charge on any atom is 0.238 e. The van der Waals surface area contributed by atoms with Gasteiger partial charge in [0, 0.05) is 12.6 Å². The van der Waals surface area contributed by atoms with Gasteiger partial charge in [0.1, 0.15) is 11.5 Å². The molecule has 0 bridgehead atoms. The van der Waals surface area contributed by atoms with Gasteiger partial charge in [0.2, 0.25) is 5.91 Å². The summed E-state index contributed by atoms with van der Waals surface area (Å²) in [5.41, 5.74) is 0.615. The number of nitrogens with one attached hydrogen (secondary N) is 2. The van der Waals surface area contributed by atoms with Crippen molar-refractivity contribution in [2.45, 2.75) is 0 Å². The topological polar surface area (TPSA) is 59.6 Å². The second-order valence-electron chi connectivity index (χ2n) is 3.53. The summed E-state index contributed by atoms with van der Waals surface area (Å²) >= 11 is 0. The molecule has 98 valence electrons. The fraction of sp³-hybridized carbons (Fsp3) is 0.308. The molecule has 0 aliphatic carbocycles. The summed E-state index contributed by atoms with van der Waals surface area (Å²) in [6.07, 6.45) is 1.70. The molecule has 1 amide bonds. The first-order valence-corrected chi connectivity index (χ1v) is 5.54. The second kappa shape index (κ2) is 7.34. The molecule has 0 aliphatic heterocycles. The normalized spacial score (nSPS) is 9.67. The molecule has 0 aromatic heterocycles. The van der Waals surface area contributed by atoms with Crippen molar-refractivity contribution in [1.29, 1.82) is 0 Å². The molecule has 0 fully saturated rings. The van der Waals surface area contributed by atoms with Crippen molar-refractivity contribution in [2.24, 2.45) is 0 Å². The van der Waals surface area contributed by atoms with Crippen LogP contribution in [-0.4, -0.2) is 33.2 Å². The van der Waals surface area contributed by atoms with Crippen molar-refractivity contribution in [3.63, 3.8) is 0 Å². The zero-order valence-corrected chi connectivity index (χ0v) is 10.7. The number of carbonyl (C=O) groups excluding carboxylic acids is 1. The number of rotatable bonds is 7. The Morgan fingerprint density at radius 2 is 2.17 bits per heavy atom. The van der Waals surface area contributed by atoms with E-state index in [1.807, 2.05) is 0 Å². The van der Waals surface area contributed by atoms with E-state index < -0.39 is 0 Å². The number of ether oxygens (including phenoxy) is 2. The van der Waals surface area contributed by atoms with Crippen molar-refractivity contribution in [2.75, 3.05) is 32.6 Å². The fourth-order valence-corrected chi connectivity index (χ4v) is 1.38. The van der Waals surface area contributed by atoms with Gasteiger partial charge >= 0.3 is 0 Å². The van der Waals surface area contributed by atoms with Crippen molar-refractivity contribution >= 4 is 11.6 Å². The van der Waals surface area contributed by atoms with Gasteiger partial charge in [-0.15, -0.1) is 6.58 Å². The monoisotopic (exact) mass is 250 g/mol. The molecular formula is C13H18N2O3. The van der Waals surface area contributed by atoms with Crippen molar-refractivity contribution in [3.8, 4) is 11.5 Å². The van der Waals surface area contributed by atoms with E-state index in [4.69, 9.17) is 9.47 Å². The van der Waals surface area contributed by atoms with Crippen LogP contribution < -0.4 is 20.1 Å². The molecule has 0 aliphatic rings. The number of hydrogen-bond acceptors (Lipinski definition) is 4. The van der Waals surface area contributed by atoms with Crippen LogP contribution in [0.5, 0.6) is 11.5 Å². The van der Waals surface area contributed by atoms with Gasteiger partial charge in [-0.25, -0.2) is 0 Å². The molecule has 0 saturated carbocycles. The lowest BCUT2D eigenvalue weighted by Gasteiger charge is -2.11. The molecule has 0 unspecified atom stereocenters. The molecule has 1 rings (SSSR count). The van der Waals surface area contributed by atoms with Crippen LogP contribution in [-0.2, 0) is 4.79 Å². The highest BCUT2D eigenvalue weighted by Gasteiger charge is 2.08. The summed E-state index contributed by atoms with van der Waals surface area (Å²) < 4.78 is 10.3. The third-order valence-electron chi connectivity index (χ3n) is 2.26. The van der Waals surface area contributed by atoms with Gasteiger partial charge in [-0.05, 0) is 12.1 Å². The van der Waals surface area contributed by atoms with E-state index >= 15 is 0 Å². The minimum Gasteiger partial charge on any atom is -0.497 e. The molecule has 18 heavy (non-hydrogen) atoms. The van der Waals surface area contributed by atoms with Crippen LogP contribution in [0.3, 0.4) is 0 Å². The summed E-state index contributed by atoms with van der Waals surface area (Å²) in [7, 11) is 3.12. The van der Waals surface area contributed by atoms with Gasteiger partial charge in [-0.1, -0.05) is 6.08 Å². The van der Waals surface area contributed by atoms with E-state index in [-0.39, 0.29) is 12.5 Å². The third-order valence-corrected chi connectivity index (χ3v) is 2.26. The van der Waals surface area contributed by atoms with Crippen LogP contribution in [0.4, 0.5) is 5.69 Å². The smallest absolute Gasteiger partial charge is 0.238 e. The first-order chi connectivity index (χ1) is 8.71. The lowest BCUT2D eigenvalue weighted by molar-refractivity contribution is -0.115. The molecule has 0 heterocycles. The number of amides is 1. The zero-order valence-electron chi connectivity index (χ0n) is 10.7. The first-order valence-electron chi connectivity index (χ1n) is 5.54. The summed E-state index contributed by atoms with van der Waals surface area (Å²) in [5.74, 6) is 1.10. The largest absolute Gasteiger partial charge is 0.497 e. The zero-order chi connectivity index (χ0) is 13.4. The highest BCUT2D eigenvalue weighted by molar-refractivity contribution is 5.93.